The molecule has 0 saturated carbocycles. The summed E-state index contributed by atoms with van der Waals surface area (Å²) in [6.07, 6.45) is 0. The summed E-state index contributed by atoms with van der Waals surface area (Å²) in [6, 6.07) is 13.8. The number of phenols is 1. The molecule has 19 heavy (non-hydrogen) atoms. The average Bonchev–Trinajstić information content (AvgIpc) is 2.41. The van der Waals surface area contributed by atoms with E-state index in [0.717, 1.165) is 5.69 Å². The van der Waals surface area contributed by atoms with E-state index in [1.165, 1.54) is 12.1 Å². The van der Waals surface area contributed by atoms with E-state index in [0.29, 0.717) is 12.1 Å². The Morgan fingerprint density at radius 2 is 1.89 bits per heavy atom. The van der Waals surface area contributed by atoms with Crippen LogP contribution in [0.3, 0.4) is 0 Å². The highest BCUT2D eigenvalue weighted by Crippen LogP contribution is 2.26. The Kier molecular flexibility index (Phi) is 3.94. The highest BCUT2D eigenvalue weighted by molar-refractivity contribution is 5.47. The monoisotopic (exact) mass is 259 g/mol. The van der Waals surface area contributed by atoms with Gasteiger partial charge < -0.3 is 10.5 Å². The van der Waals surface area contributed by atoms with E-state index in [1.54, 1.807) is 6.07 Å². The zero-order valence-electron chi connectivity index (χ0n) is 10.0. The fourth-order valence-corrected chi connectivity index (χ4v) is 1.60. The minimum Gasteiger partial charge on any atom is -0.502 e. The van der Waals surface area contributed by atoms with Gasteiger partial charge in [-0.1, -0.05) is 24.3 Å². The normalized spacial score (nSPS) is 10.1. The van der Waals surface area contributed by atoms with Gasteiger partial charge in [-0.15, -0.1) is 0 Å². The van der Waals surface area contributed by atoms with Crippen LogP contribution in [-0.2, 0) is 6.54 Å². The first-order chi connectivity index (χ1) is 9.16. The molecule has 0 spiro atoms. The van der Waals surface area contributed by atoms with Crippen molar-refractivity contribution in [3.05, 3.63) is 64.2 Å². The summed E-state index contributed by atoms with van der Waals surface area (Å²) in [7, 11) is 0. The van der Waals surface area contributed by atoms with Gasteiger partial charge in [-0.05, 0) is 23.8 Å². The first-order valence-electron chi connectivity index (χ1n) is 5.67. The Bertz CT molecular complexity index is 573. The van der Waals surface area contributed by atoms with Crippen molar-refractivity contribution in [3.8, 4) is 5.75 Å². The molecule has 0 aliphatic heterocycles. The van der Waals surface area contributed by atoms with Crippen LogP contribution in [0.25, 0.3) is 0 Å². The van der Waals surface area contributed by atoms with E-state index in [2.05, 4.69) is 10.9 Å². The van der Waals surface area contributed by atoms with E-state index >= 15 is 0 Å². The number of hydrazine groups is 1. The number of aromatic hydroxyl groups is 1. The molecule has 0 amide bonds. The van der Waals surface area contributed by atoms with Crippen LogP contribution in [-0.4, -0.2) is 10.0 Å². The number of hydrogen-bond acceptors (Lipinski definition) is 5. The first-order valence-corrected chi connectivity index (χ1v) is 5.67. The molecule has 0 aliphatic rings. The molecular weight excluding hydrogens is 246 g/mol. The van der Waals surface area contributed by atoms with Crippen LogP contribution in [0.4, 0.5) is 11.4 Å². The number of benzene rings is 2. The van der Waals surface area contributed by atoms with E-state index in [9.17, 15) is 15.2 Å². The predicted octanol–water partition coefficient (Wildman–Crippen LogP) is 2.42. The highest BCUT2D eigenvalue weighted by atomic mass is 16.6. The molecule has 2 aromatic carbocycles. The van der Waals surface area contributed by atoms with Crippen LogP contribution in [0.1, 0.15) is 5.56 Å². The second-order valence-electron chi connectivity index (χ2n) is 3.92. The average molecular weight is 259 g/mol. The zero-order chi connectivity index (χ0) is 13.7. The number of para-hydroxylation sites is 1. The number of nitrogens with one attached hydrogen (secondary N) is 2. The van der Waals surface area contributed by atoms with Gasteiger partial charge in [0, 0.05) is 18.3 Å². The number of nitrogens with zero attached hydrogens (tertiary/aromatic N) is 1. The van der Waals surface area contributed by atoms with Crippen molar-refractivity contribution < 1.29 is 10.0 Å². The molecule has 0 aliphatic carbocycles. The lowest BCUT2D eigenvalue weighted by Gasteiger charge is -2.08. The van der Waals surface area contributed by atoms with Crippen LogP contribution in [0.2, 0.25) is 0 Å². The maximum Gasteiger partial charge on any atom is 0.311 e. The van der Waals surface area contributed by atoms with Crippen LogP contribution >= 0.6 is 0 Å². The zero-order valence-corrected chi connectivity index (χ0v) is 10.0. The molecule has 6 heteroatoms. The second-order valence-corrected chi connectivity index (χ2v) is 3.92. The lowest BCUT2D eigenvalue weighted by molar-refractivity contribution is -0.385. The van der Waals surface area contributed by atoms with E-state index in [1.807, 2.05) is 30.3 Å². The minimum absolute atomic E-state index is 0.293. The molecule has 0 unspecified atom stereocenters. The predicted molar refractivity (Wildman–Crippen MR) is 71.7 cm³/mol. The maximum atomic E-state index is 10.7. The lowest BCUT2D eigenvalue weighted by Crippen LogP contribution is -2.20. The van der Waals surface area contributed by atoms with Crippen LogP contribution in [0.5, 0.6) is 5.75 Å². The largest absolute Gasteiger partial charge is 0.502 e. The van der Waals surface area contributed by atoms with Crippen LogP contribution in [0.15, 0.2) is 48.5 Å². The van der Waals surface area contributed by atoms with Crippen molar-refractivity contribution >= 4 is 11.4 Å². The Hall–Kier alpha value is -2.60. The number of hydrogen-bond donors (Lipinski definition) is 3. The number of rotatable bonds is 5. The van der Waals surface area contributed by atoms with Crippen molar-refractivity contribution in [3.63, 3.8) is 0 Å². The summed E-state index contributed by atoms with van der Waals surface area (Å²) in [5.41, 5.74) is 7.23. The van der Waals surface area contributed by atoms with Crippen LogP contribution < -0.4 is 10.9 Å². The van der Waals surface area contributed by atoms with Crippen molar-refractivity contribution in [1.82, 2.24) is 5.43 Å². The van der Waals surface area contributed by atoms with Crippen molar-refractivity contribution in [2.24, 2.45) is 0 Å². The molecule has 3 N–H and O–H groups in total. The van der Waals surface area contributed by atoms with Crippen molar-refractivity contribution in [2.75, 3.05) is 5.43 Å². The van der Waals surface area contributed by atoms with Gasteiger partial charge in [-0.25, -0.2) is 5.43 Å². The molecule has 0 bridgehead atoms. The SMILES string of the molecule is O=[N+]([O-])c1cc(CNNc2ccccc2)ccc1O. The van der Waals surface area contributed by atoms with Gasteiger partial charge in [-0.3, -0.25) is 10.1 Å². The summed E-state index contributed by atoms with van der Waals surface area (Å²) in [5, 5.41) is 20.0. The van der Waals surface area contributed by atoms with E-state index in [4.69, 9.17) is 0 Å². The Balaban J connectivity index is 1.97. The molecule has 0 radical (unpaired) electrons. The molecule has 98 valence electrons. The molecule has 0 atom stereocenters. The fraction of sp³-hybridized carbons (Fsp3) is 0.0769. The first kappa shape index (κ1) is 12.8. The minimum atomic E-state index is -0.608. The molecule has 0 heterocycles. The quantitative estimate of drug-likeness (QED) is 0.567. The number of nitro groups is 1. The van der Waals surface area contributed by atoms with Gasteiger partial charge in [-0.2, -0.15) is 0 Å². The molecule has 2 rings (SSSR count). The van der Waals surface area contributed by atoms with Gasteiger partial charge in [0.25, 0.3) is 0 Å². The Morgan fingerprint density at radius 1 is 1.16 bits per heavy atom. The summed E-state index contributed by atoms with van der Waals surface area (Å²) in [6.45, 7) is 0.399. The standard InChI is InChI=1S/C13H13N3O3/c17-13-7-6-10(8-12(13)16(18)19)9-14-15-11-4-2-1-3-5-11/h1-8,14-15,17H,9H2. The molecule has 6 nitrogen and oxygen atoms in total. The number of nitro benzene ring substituents is 1. The Morgan fingerprint density at radius 3 is 2.58 bits per heavy atom. The fourth-order valence-electron chi connectivity index (χ4n) is 1.60. The lowest BCUT2D eigenvalue weighted by atomic mass is 10.2. The second kappa shape index (κ2) is 5.83. The number of phenolic OH excluding ortho intramolecular Hbond substituents is 1. The van der Waals surface area contributed by atoms with Gasteiger partial charge in [0.2, 0.25) is 0 Å². The topological polar surface area (TPSA) is 87.4 Å². The van der Waals surface area contributed by atoms with Gasteiger partial charge in [0.05, 0.1) is 4.92 Å². The highest BCUT2D eigenvalue weighted by Gasteiger charge is 2.13. The Labute approximate surface area is 109 Å². The third-order valence-corrected chi connectivity index (χ3v) is 2.54. The smallest absolute Gasteiger partial charge is 0.311 e. The van der Waals surface area contributed by atoms with E-state index < -0.39 is 4.92 Å². The molecule has 0 saturated heterocycles. The summed E-state index contributed by atoms with van der Waals surface area (Å²) in [4.78, 5) is 10.1. The molecule has 2 aromatic rings. The molecule has 0 aromatic heterocycles. The van der Waals surface area contributed by atoms with Crippen molar-refractivity contribution in [1.29, 1.82) is 0 Å². The third-order valence-electron chi connectivity index (χ3n) is 2.54. The van der Waals surface area contributed by atoms with Gasteiger partial charge >= 0.3 is 5.69 Å². The summed E-state index contributed by atoms with van der Waals surface area (Å²) >= 11 is 0. The molecule has 0 fully saturated rings. The van der Waals surface area contributed by atoms with Gasteiger partial charge in [0.15, 0.2) is 5.75 Å². The van der Waals surface area contributed by atoms with Gasteiger partial charge in [0.1, 0.15) is 0 Å². The number of anilines is 1. The van der Waals surface area contributed by atoms with Crippen molar-refractivity contribution in [2.45, 2.75) is 6.54 Å². The summed E-state index contributed by atoms with van der Waals surface area (Å²) in [5.74, 6) is -0.329. The third kappa shape index (κ3) is 3.43. The molecular formula is C13H13N3O3. The van der Waals surface area contributed by atoms with Crippen LogP contribution in [0, 0.1) is 10.1 Å². The summed E-state index contributed by atoms with van der Waals surface area (Å²) < 4.78 is 0. The van der Waals surface area contributed by atoms with E-state index in [-0.39, 0.29) is 11.4 Å². The maximum absolute atomic E-state index is 10.7.